The molecule has 0 aliphatic carbocycles. The van der Waals surface area contributed by atoms with Crippen molar-refractivity contribution in [3.05, 3.63) is 16.6 Å². The van der Waals surface area contributed by atoms with E-state index in [1.807, 2.05) is 13.8 Å². The highest BCUT2D eigenvalue weighted by Crippen LogP contribution is 2.12. The van der Waals surface area contributed by atoms with Crippen LogP contribution in [0.15, 0.2) is 11.7 Å². The number of thiazole rings is 1. The van der Waals surface area contributed by atoms with E-state index in [1.165, 1.54) is 0 Å². The molecule has 1 rings (SSSR count). The molecule has 4 nitrogen and oxygen atoms in total. The van der Waals surface area contributed by atoms with Crippen molar-refractivity contribution in [2.24, 2.45) is 5.73 Å². The van der Waals surface area contributed by atoms with Gasteiger partial charge in [0.2, 0.25) is 5.91 Å². The van der Waals surface area contributed by atoms with E-state index in [-0.39, 0.29) is 11.9 Å². The van der Waals surface area contributed by atoms with Gasteiger partial charge in [0.1, 0.15) is 0 Å². The second kappa shape index (κ2) is 5.23. The zero-order valence-corrected chi connectivity index (χ0v) is 10.1. The summed E-state index contributed by atoms with van der Waals surface area (Å²) in [6.45, 7) is 6.29. The predicted molar refractivity (Wildman–Crippen MR) is 61.4 cm³/mol. The van der Waals surface area contributed by atoms with Crippen LogP contribution >= 0.6 is 11.3 Å². The maximum absolute atomic E-state index is 11.8. The molecule has 1 atom stereocenters. The average Bonchev–Trinajstić information content (AvgIpc) is 2.64. The van der Waals surface area contributed by atoms with Crippen molar-refractivity contribution in [1.29, 1.82) is 0 Å². The Labute approximate surface area is 94.1 Å². The van der Waals surface area contributed by atoms with Crippen LogP contribution < -0.4 is 5.73 Å². The van der Waals surface area contributed by atoms with Crippen molar-refractivity contribution in [1.82, 2.24) is 9.88 Å². The molecule has 0 bridgehead atoms. The number of nitrogens with two attached hydrogens (primary N) is 1. The third kappa shape index (κ3) is 3.28. The Morgan fingerprint density at radius 1 is 1.60 bits per heavy atom. The fraction of sp³-hybridized carbons (Fsp3) is 0.600. The molecular weight excluding hydrogens is 210 g/mol. The summed E-state index contributed by atoms with van der Waals surface area (Å²) in [5, 5.41) is 0. The lowest BCUT2D eigenvalue weighted by atomic mass is 10.2. The summed E-state index contributed by atoms with van der Waals surface area (Å²) in [5.41, 5.74) is 7.37. The summed E-state index contributed by atoms with van der Waals surface area (Å²) in [7, 11) is 0. The first-order valence-corrected chi connectivity index (χ1v) is 5.83. The van der Waals surface area contributed by atoms with Gasteiger partial charge in [0.15, 0.2) is 0 Å². The number of rotatable bonds is 4. The molecule has 1 aromatic rings. The number of carbonyl (C=O) groups is 1. The molecule has 1 amide bonds. The highest BCUT2D eigenvalue weighted by atomic mass is 32.1. The van der Waals surface area contributed by atoms with Crippen LogP contribution in [0.4, 0.5) is 0 Å². The van der Waals surface area contributed by atoms with E-state index < -0.39 is 6.04 Å². The summed E-state index contributed by atoms with van der Waals surface area (Å²) in [6.07, 6.45) is 1.79. The van der Waals surface area contributed by atoms with Crippen LogP contribution in [-0.4, -0.2) is 27.9 Å². The molecule has 0 aliphatic rings. The standard InChI is InChI=1S/C10H17N3OS/c1-7(2)13(10(14)8(3)11)5-9-4-12-6-15-9/h4,6-8H,5,11H2,1-3H3. The van der Waals surface area contributed by atoms with Gasteiger partial charge >= 0.3 is 0 Å². The van der Waals surface area contributed by atoms with Crippen LogP contribution in [0.5, 0.6) is 0 Å². The molecule has 0 saturated carbocycles. The Bertz CT molecular complexity index is 308. The maximum atomic E-state index is 11.8. The second-order valence-electron chi connectivity index (χ2n) is 3.82. The molecule has 0 aliphatic heterocycles. The van der Waals surface area contributed by atoms with Gasteiger partial charge in [-0.15, -0.1) is 11.3 Å². The molecule has 1 aromatic heterocycles. The molecule has 0 radical (unpaired) electrons. The molecule has 0 fully saturated rings. The lowest BCUT2D eigenvalue weighted by Gasteiger charge is -2.27. The minimum absolute atomic E-state index is 0.0154. The molecule has 1 heterocycles. The van der Waals surface area contributed by atoms with Crippen LogP contribution in [0.3, 0.4) is 0 Å². The van der Waals surface area contributed by atoms with E-state index in [0.717, 1.165) is 4.88 Å². The van der Waals surface area contributed by atoms with Crippen molar-refractivity contribution in [3.63, 3.8) is 0 Å². The third-order valence-electron chi connectivity index (χ3n) is 2.11. The van der Waals surface area contributed by atoms with E-state index >= 15 is 0 Å². The second-order valence-corrected chi connectivity index (χ2v) is 4.79. The van der Waals surface area contributed by atoms with E-state index in [1.54, 1.807) is 34.9 Å². The Balaban J connectivity index is 2.71. The van der Waals surface area contributed by atoms with E-state index in [4.69, 9.17) is 5.73 Å². The lowest BCUT2D eigenvalue weighted by Crippen LogP contribution is -2.44. The minimum Gasteiger partial charge on any atom is -0.334 e. The summed E-state index contributed by atoms with van der Waals surface area (Å²) in [6, 6.07) is -0.286. The molecule has 2 N–H and O–H groups in total. The van der Waals surface area contributed by atoms with Crippen molar-refractivity contribution in [3.8, 4) is 0 Å². The fourth-order valence-electron chi connectivity index (χ4n) is 1.26. The smallest absolute Gasteiger partial charge is 0.239 e. The first-order valence-electron chi connectivity index (χ1n) is 4.95. The van der Waals surface area contributed by atoms with Crippen molar-refractivity contribution >= 4 is 17.2 Å². The van der Waals surface area contributed by atoms with E-state index in [9.17, 15) is 4.79 Å². The number of amides is 1. The van der Waals surface area contributed by atoms with Gasteiger partial charge in [-0.25, -0.2) is 0 Å². The predicted octanol–water partition coefficient (Wildman–Crippen LogP) is 1.23. The minimum atomic E-state index is -0.444. The summed E-state index contributed by atoms with van der Waals surface area (Å²) >= 11 is 1.55. The Hall–Kier alpha value is -0.940. The Morgan fingerprint density at radius 3 is 2.67 bits per heavy atom. The first kappa shape index (κ1) is 12.1. The highest BCUT2D eigenvalue weighted by Gasteiger charge is 2.20. The average molecular weight is 227 g/mol. The zero-order valence-electron chi connectivity index (χ0n) is 9.30. The van der Waals surface area contributed by atoms with Gasteiger partial charge in [-0.2, -0.15) is 0 Å². The van der Waals surface area contributed by atoms with Crippen LogP contribution in [0.1, 0.15) is 25.6 Å². The van der Waals surface area contributed by atoms with Crippen molar-refractivity contribution in [2.45, 2.75) is 39.4 Å². The third-order valence-corrected chi connectivity index (χ3v) is 2.87. The van der Waals surface area contributed by atoms with Gasteiger partial charge in [0.05, 0.1) is 18.1 Å². The highest BCUT2D eigenvalue weighted by molar-refractivity contribution is 7.09. The summed E-state index contributed by atoms with van der Waals surface area (Å²) in [5.74, 6) is -0.0154. The largest absolute Gasteiger partial charge is 0.334 e. The van der Waals surface area contributed by atoms with Gasteiger partial charge in [-0.3, -0.25) is 9.78 Å². The van der Waals surface area contributed by atoms with Gasteiger partial charge in [0.25, 0.3) is 0 Å². The van der Waals surface area contributed by atoms with Crippen molar-refractivity contribution in [2.75, 3.05) is 0 Å². The Morgan fingerprint density at radius 2 is 2.27 bits per heavy atom. The van der Waals surface area contributed by atoms with E-state index in [0.29, 0.717) is 6.54 Å². The molecular formula is C10H17N3OS. The first-order chi connectivity index (χ1) is 7.02. The molecule has 1 unspecified atom stereocenters. The summed E-state index contributed by atoms with van der Waals surface area (Å²) in [4.78, 5) is 18.6. The molecule has 5 heteroatoms. The molecule has 0 spiro atoms. The van der Waals surface area contributed by atoms with Gasteiger partial charge < -0.3 is 10.6 Å². The van der Waals surface area contributed by atoms with Crippen LogP contribution in [0.25, 0.3) is 0 Å². The van der Waals surface area contributed by atoms with Crippen LogP contribution in [-0.2, 0) is 11.3 Å². The quantitative estimate of drug-likeness (QED) is 0.841. The number of nitrogens with zero attached hydrogens (tertiary/aromatic N) is 2. The SMILES string of the molecule is CC(N)C(=O)N(Cc1cncs1)C(C)C. The molecule has 0 saturated heterocycles. The topological polar surface area (TPSA) is 59.2 Å². The molecule has 0 aromatic carbocycles. The van der Waals surface area contributed by atoms with Gasteiger partial charge in [-0.1, -0.05) is 0 Å². The maximum Gasteiger partial charge on any atom is 0.239 e. The lowest BCUT2D eigenvalue weighted by molar-refractivity contribution is -0.134. The normalized spacial score (nSPS) is 12.9. The van der Waals surface area contributed by atoms with Crippen LogP contribution in [0.2, 0.25) is 0 Å². The number of hydrogen-bond donors (Lipinski definition) is 1. The van der Waals surface area contributed by atoms with Gasteiger partial charge in [0, 0.05) is 17.1 Å². The Kier molecular flexibility index (Phi) is 4.23. The van der Waals surface area contributed by atoms with Gasteiger partial charge in [-0.05, 0) is 20.8 Å². The molecule has 15 heavy (non-hydrogen) atoms. The zero-order chi connectivity index (χ0) is 11.4. The van der Waals surface area contributed by atoms with Crippen LogP contribution in [0, 0.1) is 0 Å². The monoisotopic (exact) mass is 227 g/mol. The summed E-state index contributed by atoms with van der Waals surface area (Å²) < 4.78 is 0. The fourth-order valence-corrected chi connectivity index (χ4v) is 1.86. The number of hydrogen-bond acceptors (Lipinski definition) is 4. The van der Waals surface area contributed by atoms with E-state index in [2.05, 4.69) is 4.98 Å². The molecule has 84 valence electrons. The van der Waals surface area contributed by atoms with Crippen molar-refractivity contribution < 1.29 is 4.79 Å². The number of carbonyl (C=O) groups excluding carboxylic acids is 1. The number of aromatic nitrogens is 1.